The van der Waals surface area contributed by atoms with Crippen LogP contribution < -0.4 is 0 Å². The second-order valence-electron chi connectivity index (χ2n) is 14.7. The molecule has 0 saturated carbocycles. The van der Waals surface area contributed by atoms with Gasteiger partial charge in [0.1, 0.15) is 22.1 Å². The molecule has 10 heteroatoms. The molecule has 2 heterocycles. The van der Waals surface area contributed by atoms with E-state index in [2.05, 4.69) is 27.7 Å². The molecule has 4 rings (SSSR count). The first kappa shape index (κ1) is 41.2. The Bertz CT molecular complexity index is 1600. The molecule has 0 aliphatic carbocycles. The normalized spacial score (nSPS) is 11.7. The van der Waals surface area contributed by atoms with E-state index in [1.165, 1.54) is 51.4 Å². The first-order valence-electron chi connectivity index (χ1n) is 20.8. The van der Waals surface area contributed by atoms with Crippen molar-refractivity contribution in [3.8, 4) is 0 Å². The summed E-state index contributed by atoms with van der Waals surface area (Å²) in [4.78, 5) is 31.9. The molecule has 0 bridgehead atoms. The monoisotopic (exact) mass is 719 g/mol. The number of carbonyl (C=O) groups excluding carboxylic acids is 2. The van der Waals surface area contributed by atoms with Crippen LogP contribution in [0.25, 0.3) is 32.8 Å². The second kappa shape index (κ2) is 21.8. The van der Waals surface area contributed by atoms with E-state index in [4.69, 9.17) is 29.9 Å². The quantitative estimate of drug-likeness (QED) is 0.0465. The van der Waals surface area contributed by atoms with E-state index in [9.17, 15) is 9.59 Å². The summed E-state index contributed by atoms with van der Waals surface area (Å²) in [5.74, 6) is -0.859. The largest absolute Gasteiger partial charge is 0.462 e. The maximum absolute atomic E-state index is 14.2. The number of aromatic nitrogens is 6. The van der Waals surface area contributed by atoms with E-state index in [0.29, 0.717) is 81.4 Å². The summed E-state index contributed by atoms with van der Waals surface area (Å²) in [6, 6.07) is 0. The Balaban J connectivity index is 1.87. The Hall–Kier alpha value is -3.56. The summed E-state index contributed by atoms with van der Waals surface area (Å²) in [6.45, 7) is 14.6. The van der Waals surface area contributed by atoms with Crippen LogP contribution in [0.15, 0.2) is 0 Å². The van der Waals surface area contributed by atoms with E-state index >= 15 is 0 Å². The molecule has 4 aromatic rings. The van der Waals surface area contributed by atoms with Crippen molar-refractivity contribution in [1.82, 2.24) is 30.0 Å². The number of ether oxygens (including phenoxy) is 2. The summed E-state index contributed by atoms with van der Waals surface area (Å²) in [6.07, 6.45) is 21.9. The number of unbranched alkanes of at least 4 members (excludes halogenated alkanes) is 16. The topological polar surface area (TPSA) is 114 Å². The third kappa shape index (κ3) is 10.8. The summed E-state index contributed by atoms with van der Waals surface area (Å²) in [5.41, 5.74) is 4.53. The van der Waals surface area contributed by atoms with E-state index < -0.39 is 11.9 Å². The van der Waals surface area contributed by atoms with Crippen molar-refractivity contribution in [2.24, 2.45) is 0 Å². The fraction of sp³-hybridized carbons (Fsp3) is 0.714. The van der Waals surface area contributed by atoms with Crippen molar-refractivity contribution in [3.05, 3.63) is 22.3 Å². The van der Waals surface area contributed by atoms with Crippen molar-refractivity contribution >= 4 is 44.8 Å². The first-order chi connectivity index (χ1) is 25.4. The highest BCUT2D eigenvalue weighted by Gasteiger charge is 2.31. The van der Waals surface area contributed by atoms with Crippen LogP contribution >= 0.6 is 0 Å². The molecule has 10 nitrogen and oxygen atoms in total. The van der Waals surface area contributed by atoms with Gasteiger partial charge in [-0.3, -0.25) is 0 Å². The van der Waals surface area contributed by atoms with Gasteiger partial charge in [0.2, 0.25) is 0 Å². The Kier molecular flexibility index (Phi) is 17.3. The molecule has 2 aromatic heterocycles. The van der Waals surface area contributed by atoms with Gasteiger partial charge >= 0.3 is 11.9 Å². The van der Waals surface area contributed by atoms with E-state index in [-0.39, 0.29) is 0 Å². The van der Waals surface area contributed by atoms with Crippen LogP contribution in [-0.4, -0.2) is 55.1 Å². The zero-order chi connectivity index (χ0) is 37.3. The van der Waals surface area contributed by atoms with Gasteiger partial charge < -0.3 is 9.47 Å². The third-order valence-electron chi connectivity index (χ3n) is 10.3. The molecule has 0 spiro atoms. The molecule has 2 aromatic carbocycles. The number of rotatable bonds is 26. The maximum Gasteiger partial charge on any atom is 0.339 e. The predicted octanol–water partition coefficient (Wildman–Crippen LogP) is 11.1. The number of fused-ring (bicyclic) bond motifs is 5. The molecule has 0 saturated heterocycles. The molecular weight excluding hydrogens is 653 g/mol. The zero-order valence-electron chi connectivity index (χ0n) is 33.3. The van der Waals surface area contributed by atoms with Crippen molar-refractivity contribution in [2.75, 3.05) is 13.2 Å². The summed E-state index contributed by atoms with van der Waals surface area (Å²) < 4.78 is 11.9. The molecule has 0 unspecified atom stereocenters. The van der Waals surface area contributed by atoms with E-state index in [1.54, 1.807) is 9.59 Å². The number of esters is 2. The third-order valence-corrected chi connectivity index (χ3v) is 10.3. The summed E-state index contributed by atoms with van der Waals surface area (Å²) in [5, 5.41) is 21.1. The van der Waals surface area contributed by atoms with Crippen molar-refractivity contribution in [1.29, 1.82) is 0 Å². The predicted molar refractivity (Wildman–Crippen MR) is 211 cm³/mol. The van der Waals surface area contributed by atoms with Crippen molar-refractivity contribution in [2.45, 2.75) is 183 Å². The van der Waals surface area contributed by atoms with Gasteiger partial charge in [-0.25, -0.2) is 9.59 Å². The lowest BCUT2D eigenvalue weighted by molar-refractivity contribution is 0.0488. The van der Waals surface area contributed by atoms with Crippen LogP contribution in [0.5, 0.6) is 0 Å². The number of hydrogen-bond donors (Lipinski definition) is 0. The van der Waals surface area contributed by atoms with Gasteiger partial charge in [-0.2, -0.15) is 30.0 Å². The number of hydrogen-bond acceptors (Lipinski definition) is 8. The van der Waals surface area contributed by atoms with Crippen molar-refractivity contribution in [3.63, 3.8) is 0 Å². The maximum atomic E-state index is 14.2. The highest BCUT2D eigenvalue weighted by atomic mass is 16.5. The molecule has 288 valence electrons. The number of nitrogens with zero attached hydrogens (tertiary/aromatic N) is 6. The average Bonchev–Trinajstić information content (AvgIpc) is 3.77. The van der Waals surface area contributed by atoms with Gasteiger partial charge in [0.25, 0.3) is 0 Å². The standard InChI is InChI=1S/C42H66N6O4/c1-7-11-15-19-21-23-27-47-43-37-31(5)33(41(49)51-29-25-17-13-9-3)36-35(39(37)45-47)34(42(50)52-30-26-18-14-10-4)32(6)38-40(36)46-48(44-38)28-24-22-20-16-12-8-2/h7-30H2,1-6H3. The minimum atomic E-state index is -0.430. The Labute approximate surface area is 311 Å². The van der Waals surface area contributed by atoms with E-state index in [1.807, 2.05) is 13.8 Å². The fourth-order valence-electron chi connectivity index (χ4n) is 7.18. The van der Waals surface area contributed by atoms with Gasteiger partial charge in [-0.15, -0.1) is 0 Å². The van der Waals surface area contributed by atoms with Gasteiger partial charge in [0.15, 0.2) is 0 Å². The molecule has 0 fully saturated rings. The average molecular weight is 719 g/mol. The minimum Gasteiger partial charge on any atom is -0.462 e. The van der Waals surface area contributed by atoms with Gasteiger partial charge in [0.05, 0.1) is 37.4 Å². The van der Waals surface area contributed by atoms with Crippen LogP contribution in [0.2, 0.25) is 0 Å². The minimum absolute atomic E-state index is 0.328. The number of benzene rings is 2. The van der Waals surface area contributed by atoms with Gasteiger partial charge in [-0.05, 0) is 50.7 Å². The molecule has 0 N–H and O–H groups in total. The molecule has 0 aliphatic rings. The smallest absolute Gasteiger partial charge is 0.339 e. The molecule has 0 atom stereocenters. The highest BCUT2D eigenvalue weighted by Crippen LogP contribution is 2.40. The Morgan fingerprint density at radius 3 is 1.12 bits per heavy atom. The Morgan fingerprint density at radius 2 is 0.750 bits per heavy atom. The molecule has 52 heavy (non-hydrogen) atoms. The van der Waals surface area contributed by atoms with Crippen LogP contribution in [0.1, 0.15) is 188 Å². The van der Waals surface area contributed by atoms with Crippen LogP contribution in [0, 0.1) is 13.8 Å². The lowest BCUT2D eigenvalue weighted by atomic mass is 9.90. The summed E-state index contributed by atoms with van der Waals surface area (Å²) in [7, 11) is 0. The van der Waals surface area contributed by atoms with Gasteiger partial charge in [0, 0.05) is 10.8 Å². The lowest BCUT2D eigenvalue weighted by Gasteiger charge is -2.16. The van der Waals surface area contributed by atoms with Crippen LogP contribution in [0.3, 0.4) is 0 Å². The first-order valence-corrected chi connectivity index (χ1v) is 20.8. The molecular formula is C42H66N6O4. The molecule has 0 amide bonds. The van der Waals surface area contributed by atoms with Crippen molar-refractivity contribution < 1.29 is 19.1 Å². The lowest BCUT2D eigenvalue weighted by Crippen LogP contribution is -2.13. The van der Waals surface area contributed by atoms with E-state index in [0.717, 1.165) is 77.0 Å². The fourth-order valence-corrected chi connectivity index (χ4v) is 7.18. The second-order valence-corrected chi connectivity index (χ2v) is 14.7. The van der Waals surface area contributed by atoms with Gasteiger partial charge in [-0.1, -0.05) is 130 Å². The molecule has 0 aliphatic heterocycles. The SMILES string of the molecule is CCCCCCCCn1nc2c(C)c(C(=O)OCCCCCC)c3c4nn(CCCCCCCC)nc4c(C)c(C(=O)OCCCCCC)c3c2n1. The summed E-state index contributed by atoms with van der Waals surface area (Å²) >= 11 is 0. The zero-order valence-corrected chi connectivity index (χ0v) is 33.3. The highest BCUT2D eigenvalue weighted by molar-refractivity contribution is 6.28. The number of carbonyl (C=O) groups is 2. The number of aryl methyl sites for hydroxylation is 4. The van der Waals surface area contributed by atoms with Crippen LogP contribution in [-0.2, 0) is 22.6 Å². The van der Waals surface area contributed by atoms with Crippen LogP contribution in [0.4, 0.5) is 0 Å². The Morgan fingerprint density at radius 1 is 0.442 bits per heavy atom. The molecule has 0 radical (unpaired) electrons.